The number of piperidine rings is 1. The van der Waals surface area contributed by atoms with Gasteiger partial charge in [-0.2, -0.15) is 9.83 Å². The minimum absolute atomic E-state index is 0.0334. The molecule has 1 N–H and O–H groups in total. The lowest BCUT2D eigenvalue weighted by atomic mass is 9.97. The molecule has 168 valence electrons. The maximum absolute atomic E-state index is 12.7. The average Bonchev–Trinajstić information content (AvgIpc) is 3.28. The van der Waals surface area contributed by atoms with E-state index in [4.69, 9.17) is 0 Å². The molecule has 1 aromatic carbocycles. The summed E-state index contributed by atoms with van der Waals surface area (Å²) in [7, 11) is -3.51. The van der Waals surface area contributed by atoms with Crippen molar-refractivity contribution in [3.8, 4) is 11.4 Å². The fourth-order valence-corrected chi connectivity index (χ4v) is 5.22. The molecular weight excluding hydrogens is 430 g/mol. The Bertz CT molecular complexity index is 1180. The molecule has 3 heterocycles. The molecule has 9 nitrogen and oxygen atoms in total. The van der Waals surface area contributed by atoms with E-state index in [9.17, 15) is 18.4 Å². The monoisotopic (exact) mass is 455 g/mol. The van der Waals surface area contributed by atoms with Crippen LogP contribution in [-0.4, -0.2) is 53.2 Å². The quantitative estimate of drug-likeness (QED) is 0.428. The number of nitrogens with zero attached hydrogens (tertiary/aromatic N) is 4. The van der Waals surface area contributed by atoms with Gasteiger partial charge < -0.3 is 10.1 Å². The van der Waals surface area contributed by atoms with Crippen molar-refractivity contribution in [2.24, 2.45) is 0 Å². The first-order valence-corrected chi connectivity index (χ1v) is 12.4. The largest absolute Gasteiger partial charge is 0.619 e. The van der Waals surface area contributed by atoms with Crippen LogP contribution in [0.4, 0.5) is 0 Å². The number of carbonyl (C=O) groups excluding carboxylic acids is 1. The molecule has 1 unspecified atom stereocenters. The number of carbonyl (C=O) groups is 1. The summed E-state index contributed by atoms with van der Waals surface area (Å²) in [6, 6.07) is 12.8. The molecule has 3 aromatic rings. The van der Waals surface area contributed by atoms with Gasteiger partial charge in [-0.05, 0) is 18.9 Å². The molecule has 4 rings (SSSR count). The molecule has 32 heavy (non-hydrogen) atoms. The number of hydrogen-bond donors (Lipinski definition) is 1. The lowest BCUT2D eigenvalue weighted by Crippen LogP contribution is -2.40. The van der Waals surface area contributed by atoms with Gasteiger partial charge in [0.15, 0.2) is 28.1 Å². The number of benzene rings is 1. The maximum atomic E-state index is 12.7. The van der Waals surface area contributed by atoms with Crippen LogP contribution in [0.2, 0.25) is 0 Å². The van der Waals surface area contributed by atoms with Crippen LogP contribution < -0.4 is 4.73 Å². The molecule has 1 aliphatic rings. The van der Waals surface area contributed by atoms with Crippen LogP contribution in [-0.2, 0) is 20.4 Å². The summed E-state index contributed by atoms with van der Waals surface area (Å²) in [4.78, 5) is 19.0. The second kappa shape index (κ2) is 9.47. The smallest absolute Gasteiger partial charge is 0.223 e. The number of amides is 1. The van der Waals surface area contributed by atoms with E-state index >= 15 is 0 Å². The molecule has 1 aliphatic heterocycles. The van der Waals surface area contributed by atoms with Gasteiger partial charge in [0.05, 0.1) is 11.5 Å². The summed E-state index contributed by atoms with van der Waals surface area (Å²) >= 11 is 0. The van der Waals surface area contributed by atoms with Crippen LogP contribution in [0, 0.1) is 5.21 Å². The molecule has 1 atom stereocenters. The summed E-state index contributed by atoms with van der Waals surface area (Å²) in [6.07, 6.45) is 4.15. The Hall–Kier alpha value is -3.27. The first-order chi connectivity index (χ1) is 15.4. The molecule has 2 aromatic heterocycles. The number of aromatic amines is 1. The van der Waals surface area contributed by atoms with Gasteiger partial charge in [0.25, 0.3) is 0 Å². The predicted molar refractivity (Wildman–Crippen MR) is 118 cm³/mol. The van der Waals surface area contributed by atoms with Crippen molar-refractivity contribution in [3.63, 3.8) is 0 Å². The van der Waals surface area contributed by atoms with Crippen LogP contribution in [0.1, 0.15) is 36.6 Å². The summed E-state index contributed by atoms with van der Waals surface area (Å²) in [5, 5.41) is 18.6. The normalized spacial score (nSPS) is 16.8. The number of likely N-dealkylation sites (tertiary alicyclic amines) is 1. The van der Waals surface area contributed by atoms with Crippen molar-refractivity contribution in [2.75, 3.05) is 18.8 Å². The molecule has 0 radical (unpaired) electrons. The van der Waals surface area contributed by atoms with E-state index < -0.39 is 9.84 Å². The maximum Gasteiger partial charge on any atom is 0.223 e. The summed E-state index contributed by atoms with van der Waals surface area (Å²) < 4.78 is 25.4. The highest BCUT2D eigenvalue weighted by Gasteiger charge is 2.28. The topological polar surface area (TPSA) is 123 Å². The lowest BCUT2D eigenvalue weighted by Gasteiger charge is -2.31. The third-order valence-electron chi connectivity index (χ3n) is 5.55. The Morgan fingerprint density at radius 1 is 1.22 bits per heavy atom. The third kappa shape index (κ3) is 5.50. The van der Waals surface area contributed by atoms with Crippen LogP contribution in [0.15, 0.2) is 54.9 Å². The highest BCUT2D eigenvalue weighted by Crippen LogP contribution is 2.26. The van der Waals surface area contributed by atoms with Gasteiger partial charge in [-0.15, -0.1) is 0 Å². The molecule has 0 bridgehead atoms. The van der Waals surface area contributed by atoms with Gasteiger partial charge >= 0.3 is 0 Å². The van der Waals surface area contributed by atoms with E-state index in [-0.39, 0.29) is 29.8 Å². The SMILES string of the molecule is O=C(CCS(=O)(=O)Cc1ccc[n+]([O-])c1)N1CCCC(c2nc(-c3ccccc3)n[nH]2)C1. The van der Waals surface area contributed by atoms with Gasteiger partial charge in [0.2, 0.25) is 5.91 Å². The fraction of sp³-hybridized carbons (Fsp3) is 0.364. The lowest BCUT2D eigenvalue weighted by molar-refractivity contribution is -0.605. The van der Waals surface area contributed by atoms with E-state index in [2.05, 4.69) is 15.2 Å². The second-order valence-corrected chi connectivity index (χ2v) is 10.2. The van der Waals surface area contributed by atoms with Crippen molar-refractivity contribution in [1.29, 1.82) is 0 Å². The highest BCUT2D eigenvalue weighted by atomic mass is 32.2. The molecule has 0 aliphatic carbocycles. The average molecular weight is 456 g/mol. The Balaban J connectivity index is 1.34. The zero-order valence-corrected chi connectivity index (χ0v) is 18.4. The predicted octanol–water partition coefficient (Wildman–Crippen LogP) is 1.82. The second-order valence-electron chi connectivity index (χ2n) is 8.00. The van der Waals surface area contributed by atoms with E-state index in [1.165, 1.54) is 18.5 Å². The van der Waals surface area contributed by atoms with Gasteiger partial charge in [-0.25, -0.2) is 13.4 Å². The molecule has 0 spiro atoms. The minimum atomic E-state index is -3.51. The van der Waals surface area contributed by atoms with E-state index in [1.807, 2.05) is 30.3 Å². The van der Waals surface area contributed by atoms with Crippen molar-refractivity contribution >= 4 is 15.7 Å². The Labute approximate surface area is 186 Å². The van der Waals surface area contributed by atoms with E-state index in [1.54, 1.807) is 11.0 Å². The molecule has 10 heteroatoms. The summed E-state index contributed by atoms with van der Waals surface area (Å²) in [5.74, 6) is 0.701. The summed E-state index contributed by atoms with van der Waals surface area (Å²) in [5.41, 5.74) is 1.33. The Kier molecular flexibility index (Phi) is 6.50. The first-order valence-electron chi connectivity index (χ1n) is 10.5. The van der Waals surface area contributed by atoms with Crippen LogP contribution in [0.5, 0.6) is 0 Å². The van der Waals surface area contributed by atoms with Gasteiger partial charge in [0.1, 0.15) is 5.82 Å². The first kappa shape index (κ1) is 21.9. The molecule has 0 saturated carbocycles. The number of pyridine rings is 1. The number of sulfone groups is 1. The van der Waals surface area contributed by atoms with Crippen LogP contribution >= 0.6 is 0 Å². The zero-order valence-electron chi connectivity index (χ0n) is 17.6. The van der Waals surface area contributed by atoms with Crippen molar-refractivity contribution in [2.45, 2.75) is 30.9 Å². The Morgan fingerprint density at radius 3 is 2.81 bits per heavy atom. The zero-order chi connectivity index (χ0) is 22.6. The van der Waals surface area contributed by atoms with Crippen molar-refractivity contribution in [1.82, 2.24) is 20.1 Å². The van der Waals surface area contributed by atoms with Crippen LogP contribution in [0.3, 0.4) is 0 Å². The van der Waals surface area contributed by atoms with Gasteiger partial charge in [-0.3, -0.25) is 9.89 Å². The van der Waals surface area contributed by atoms with Gasteiger partial charge in [0, 0.05) is 42.6 Å². The number of nitrogens with one attached hydrogen (secondary N) is 1. The van der Waals surface area contributed by atoms with Crippen molar-refractivity contribution in [3.05, 3.63) is 71.5 Å². The van der Waals surface area contributed by atoms with Crippen LogP contribution in [0.25, 0.3) is 11.4 Å². The number of rotatable bonds is 7. The van der Waals surface area contributed by atoms with E-state index in [0.717, 1.165) is 24.2 Å². The fourth-order valence-electron chi connectivity index (χ4n) is 3.91. The van der Waals surface area contributed by atoms with Gasteiger partial charge in [-0.1, -0.05) is 30.3 Å². The van der Waals surface area contributed by atoms with E-state index in [0.29, 0.717) is 29.2 Å². The van der Waals surface area contributed by atoms with Crippen molar-refractivity contribution < 1.29 is 17.9 Å². The minimum Gasteiger partial charge on any atom is -0.619 e. The molecule has 1 fully saturated rings. The Morgan fingerprint density at radius 2 is 2.03 bits per heavy atom. The molecule has 1 saturated heterocycles. The number of hydrogen-bond acceptors (Lipinski definition) is 6. The highest BCUT2D eigenvalue weighted by molar-refractivity contribution is 7.90. The number of aromatic nitrogens is 4. The molecular formula is C22H25N5O4S. The summed E-state index contributed by atoms with van der Waals surface area (Å²) in [6.45, 7) is 1.08. The standard InChI is InChI=1S/C22H25N5O4S/c28-20(10-13-32(30,31)16-17-6-4-12-27(29)14-17)26-11-5-9-19(15-26)22-23-21(24-25-22)18-7-2-1-3-8-18/h1-4,6-8,12,14,19H,5,9-11,13,15-16H2,(H,23,24,25). The third-order valence-corrected chi connectivity index (χ3v) is 7.14. The molecule has 1 amide bonds. The number of H-pyrrole nitrogens is 1.